The number of pyridine rings is 2. The van der Waals surface area contributed by atoms with Crippen LogP contribution in [0, 0.1) is 18.3 Å². The van der Waals surface area contributed by atoms with Gasteiger partial charge in [-0.25, -0.2) is 4.98 Å². The maximum atomic E-state index is 11.3. The predicted molar refractivity (Wildman–Crippen MR) is 101 cm³/mol. The number of nitriles is 1. The van der Waals surface area contributed by atoms with E-state index in [4.69, 9.17) is 0 Å². The van der Waals surface area contributed by atoms with Gasteiger partial charge in [0.1, 0.15) is 5.82 Å². The van der Waals surface area contributed by atoms with Crippen molar-refractivity contribution in [3.05, 3.63) is 65.6 Å². The lowest BCUT2D eigenvalue weighted by Crippen LogP contribution is -2.43. The number of anilines is 1. The fourth-order valence-electron chi connectivity index (χ4n) is 3.78. The molecule has 0 atom stereocenters. The van der Waals surface area contributed by atoms with E-state index in [0.29, 0.717) is 31.5 Å². The molecule has 3 aromatic rings. The third-order valence-electron chi connectivity index (χ3n) is 5.17. The Bertz CT molecular complexity index is 995. The third-order valence-corrected chi connectivity index (χ3v) is 5.17. The molecule has 130 valence electrons. The molecule has 0 unspecified atom stereocenters. The van der Waals surface area contributed by atoms with Gasteiger partial charge in [-0.3, -0.25) is 4.98 Å². The number of hydrogen-bond acceptors (Lipinski definition) is 5. The van der Waals surface area contributed by atoms with E-state index < -0.39 is 5.60 Å². The van der Waals surface area contributed by atoms with Gasteiger partial charge in [-0.1, -0.05) is 18.2 Å². The zero-order valence-electron chi connectivity index (χ0n) is 14.7. The average molecular weight is 344 g/mol. The molecule has 1 saturated heterocycles. The molecule has 1 aliphatic heterocycles. The lowest BCUT2D eigenvalue weighted by molar-refractivity contribution is 0.0131. The molecule has 0 amide bonds. The van der Waals surface area contributed by atoms with E-state index in [1.165, 1.54) is 0 Å². The van der Waals surface area contributed by atoms with Crippen LogP contribution in [0.2, 0.25) is 0 Å². The van der Waals surface area contributed by atoms with Crippen LogP contribution in [0.3, 0.4) is 0 Å². The number of rotatable bonds is 2. The molecular formula is C21H20N4O. The molecule has 0 bridgehead atoms. The molecule has 2 aromatic heterocycles. The van der Waals surface area contributed by atoms with Gasteiger partial charge in [-0.15, -0.1) is 0 Å². The Morgan fingerprint density at radius 3 is 2.77 bits per heavy atom. The predicted octanol–water partition coefficient (Wildman–Crippen LogP) is 3.30. The van der Waals surface area contributed by atoms with Crippen molar-refractivity contribution < 1.29 is 5.11 Å². The Morgan fingerprint density at radius 1 is 1.19 bits per heavy atom. The Balaban J connectivity index is 1.61. The monoisotopic (exact) mass is 344 g/mol. The lowest BCUT2D eigenvalue weighted by atomic mass is 9.82. The molecule has 1 fully saturated rings. The topological polar surface area (TPSA) is 73.0 Å². The summed E-state index contributed by atoms with van der Waals surface area (Å²) in [4.78, 5) is 10.9. The molecule has 1 aliphatic rings. The smallest absolute Gasteiger partial charge is 0.130 e. The summed E-state index contributed by atoms with van der Waals surface area (Å²) in [7, 11) is 0. The second-order valence-corrected chi connectivity index (χ2v) is 6.89. The first-order valence-corrected chi connectivity index (χ1v) is 8.78. The van der Waals surface area contributed by atoms with Crippen molar-refractivity contribution in [2.24, 2.45) is 0 Å². The van der Waals surface area contributed by atoms with Gasteiger partial charge >= 0.3 is 0 Å². The van der Waals surface area contributed by atoms with Gasteiger partial charge in [0.15, 0.2) is 0 Å². The minimum Gasteiger partial charge on any atom is -0.385 e. The second kappa shape index (κ2) is 6.40. The maximum Gasteiger partial charge on any atom is 0.130 e. The Morgan fingerprint density at radius 2 is 2.00 bits per heavy atom. The van der Waals surface area contributed by atoms with Gasteiger partial charge < -0.3 is 10.0 Å². The number of aliphatic hydroxyl groups is 1. The first-order chi connectivity index (χ1) is 12.6. The first kappa shape index (κ1) is 16.5. The third kappa shape index (κ3) is 2.89. The van der Waals surface area contributed by atoms with Gasteiger partial charge in [0, 0.05) is 36.6 Å². The SMILES string of the molecule is Cc1cc(C#N)cc(N2CCC(O)(c3cccc4cnccc34)CC2)n1. The standard InChI is InChI=1S/C21H20N4O/c1-15-11-16(13-22)12-20(24-15)25-9-6-21(26,7-10-25)19-4-2-3-17-14-23-8-5-18(17)19/h2-5,8,11-12,14,26H,6-7,9-10H2,1H3. The Hall–Kier alpha value is -2.97. The molecule has 26 heavy (non-hydrogen) atoms. The molecule has 4 rings (SSSR count). The summed E-state index contributed by atoms with van der Waals surface area (Å²) in [6.07, 6.45) is 4.83. The number of piperidine rings is 1. The van der Waals surface area contributed by atoms with Crippen LogP contribution in [0.5, 0.6) is 0 Å². The van der Waals surface area contributed by atoms with Crippen LogP contribution in [0.1, 0.15) is 29.7 Å². The van der Waals surface area contributed by atoms with Crippen molar-refractivity contribution in [3.8, 4) is 6.07 Å². The lowest BCUT2D eigenvalue weighted by Gasteiger charge is -2.39. The van der Waals surface area contributed by atoms with E-state index in [2.05, 4.69) is 20.9 Å². The molecule has 5 nitrogen and oxygen atoms in total. The summed E-state index contributed by atoms with van der Waals surface area (Å²) in [5, 5.41) is 22.6. The summed E-state index contributed by atoms with van der Waals surface area (Å²) in [5.41, 5.74) is 1.56. The molecule has 3 heterocycles. The normalized spacial score (nSPS) is 16.4. The minimum atomic E-state index is -0.862. The van der Waals surface area contributed by atoms with E-state index >= 15 is 0 Å². The molecular weight excluding hydrogens is 324 g/mol. The van der Waals surface area contributed by atoms with E-state index in [-0.39, 0.29) is 0 Å². The van der Waals surface area contributed by atoms with Crippen LogP contribution in [-0.4, -0.2) is 28.2 Å². The van der Waals surface area contributed by atoms with Crippen LogP contribution < -0.4 is 4.90 Å². The minimum absolute atomic E-state index is 0.617. The van der Waals surface area contributed by atoms with Gasteiger partial charge in [0.05, 0.1) is 17.2 Å². The fraction of sp³-hybridized carbons (Fsp3) is 0.286. The summed E-state index contributed by atoms with van der Waals surface area (Å²) in [6, 6.07) is 13.8. The van der Waals surface area contributed by atoms with Gasteiger partial charge in [0.25, 0.3) is 0 Å². The number of fused-ring (bicyclic) bond motifs is 1. The average Bonchev–Trinajstić information content (AvgIpc) is 2.67. The first-order valence-electron chi connectivity index (χ1n) is 8.78. The molecule has 0 aliphatic carbocycles. The number of aryl methyl sites for hydroxylation is 1. The number of aromatic nitrogens is 2. The van der Waals surface area contributed by atoms with Crippen molar-refractivity contribution in [2.75, 3.05) is 18.0 Å². The Labute approximate surface area is 152 Å². The highest BCUT2D eigenvalue weighted by atomic mass is 16.3. The van der Waals surface area contributed by atoms with Crippen molar-refractivity contribution in [1.82, 2.24) is 9.97 Å². The van der Waals surface area contributed by atoms with Crippen LogP contribution in [-0.2, 0) is 5.60 Å². The molecule has 5 heteroatoms. The van der Waals surface area contributed by atoms with Crippen molar-refractivity contribution in [1.29, 1.82) is 5.26 Å². The van der Waals surface area contributed by atoms with E-state index in [0.717, 1.165) is 27.8 Å². The highest BCUT2D eigenvalue weighted by Crippen LogP contribution is 2.37. The van der Waals surface area contributed by atoms with Gasteiger partial charge in [0.2, 0.25) is 0 Å². The molecule has 0 spiro atoms. The van der Waals surface area contributed by atoms with Crippen molar-refractivity contribution >= 4 is 16.6 Å². The van der Waals surface area contributed by atoms with Crippen molar-refractivity contribution in [3.63, 3.8) is 0 Å². The van der Waals surface area contributed by atoms with Crippen molar-refractivity contribution in [2.45, 2.75) is 25.4 Å². The van der Waals surface area contributed by atoms with Crippen LogP contribution in [0.15, 0.2) is 48.8 Å². The highest BCUT2D eigenvalue weighted by molar-refractivity contribution is 5.85. The molecule has 1 N–H and O–H groups in total. The number of nitrogens with zero attached hydrogens (tertiary/aromatic N) is 4. The zero-order valence-corrected chi connectivity index (χ0v) is 14.7. The summed E-state index contributed by atoms with van der Waals surface area (Å²) in [5.74, 6) is 0.811. The molecule has 1 aromatic carbocycles. The number of benzene rings is 1. The highest BCUT2D eigenvalue weighted by Gasteiger charge is 2.35. The maximum absolute atomic E-state index is 11.3. The summed E-state index contributed by atoms with van der Waals surface area (Å²) >= 11 is 0. The zero-order chi connectivity index (χ0) is 18.1. The van der Waals surface area contributed by atoms with Crippen LogP contribution in [0.25, 0.3) is 10.8 Å². The van der Waals surface area contributed by atoms with E-state index in [9.17, 15) is 10.4 Å². The van der Waals surface area contributed by atoms with Crippen LogP contribution in [0.4, 0.5) is 5.82 Å². The quantitative estimate of drug-likeness (QED) is 0.772. The fourth-order valence-corrected chi connectivity index (χ4v) is 3.78. The number of hydrogen-bond donors (Lipinski definition) is 1. The Kier molecular flexibility index (Phi) is 4.06. The van der Waals surface area contributed by atoms with Crippen LogP contribution >= 0.6 is 0 Å². The largest absolute Gasteiger partial charge is 0.385 e. The van der Waals surface area contributed by atoms with Gasteiger partial charge in [-0.05, 0) is 48.9 Å². The molecule has 0 radical (unpaired) electrons. The molecule has 0 saturated carbocycles. The van der Waals surface area contributed by atoms with Gasteiger partial charge in [-0.2, -0.15) is 5.26 Å². The summed E-state index contributed by atoms with van der Waals surface area (Å²) < 4.78 is 0. The summed E-state index contributed by atoms with van der Waals surface area (Å²) in [6.45, 7) is 3.29. The second-order valence-electron chi connectivity index (χ2n) is 6.89. The van der Waals surface area contributed by atoms with E-state index in [1.54, 1.807) is 12.3 Å². The van der Waals surface area contributed by atoms with E-state index in [1.807, 2.05) is 43.5 Å².